The van der Waals surface area contributed by atoms with Crippen LogP contribution in [-0.2, 0) is 15.2 Å². The van der Waals surface area contributed by atoms with Crippen LogP contribution < -0.4 is 29.6 Å². The fourth-order valence-electron chi connectivity index (χ4n) is 3.80. The third-order valence-electron chi connectivity index (χ3n) is 6.26. The van der Waals surface area contributed by atoms with Crippen LogP contribution >= 0.6 is 0 Å². The van der Waals surface area contributed by atoms with Gasteiger partial charge in [-0.1, -0.05) is 123 Å². The molecule has 0 amide bonds. The maximum absolute atomic E-state index is 10.2. The van der Waals surface area contributed by atoms with Gasteiger partial charge in [0.1, 0.15) is 0 Å². The van der Waals surface area contributed by atoms with E-state index in [1.165, 1.54) is 128 Å². The van der Waals surface area contributed by atoms with Crippen molar-refractivity contribution in [2.45, 2.75) is 191 Å². The molecule has 0 spiro atoms. The van der Waals surface area contributed by atoms with Crippen LogP contribution in [0.3, 0.4) is 0 Å². The van der Waals surface area contributed by atoms with E-state index < -0.39 is 16.4 Å². The van der Waals surface area contributed by atoms with E-state index in [2.05, 4.69) is 34.6 Å². The average molecular weight is 724 g/mol. The normalized spacial score (nSPS) is 10.2. The number of carbonyl (C=O) groups is 1. The molecule has 0 aliphatic rings. The largest absolute Gasteiger partial charge is 1.00 e. The Morgan fingerprint density at radius 1 is 0.561 bits per heavy atom. The van der Waals surface area contributed by atoms with Gasteiger partial charge in [-0.25, -0.2) is 0 Å². The van der Waals surface area contributed by atoms with Crippen LogP contribution in [0.1, 0.15) is 182 Å². The molecule has 0 aliphatic heterocycles. The Morgan fingerprint density at radius 3 is 1.10 bits per heavy atom. The molecule has 0 heterocycles. The predicted octanol–water partition coefficient (Wildman–Crippen LogP) is 8.21. The molecule has 0 aromatic heterocycles. The first kappa shape index (κ1) is 51.7. The van der Waals surface area contributed by atoms with Gasteiger partial charge in [0.2, 0.25) is 0 Å². The van der Waals surface area contributed by atoms with E-state index in [4.69, 9.17) is 22.6 Å². The van der Waals surface area contributed by atoms with Gasteiger partial charge < -0.3 is 12.0 Å². The van der Waals surface area contributed by atoms with Crippen LogP contribution in [0.5, 0.6) is 0 Å². The van der Waals surface area contributed by atoms with E-state index >= 15 is 0 Å². The van der Waals surface area contributed by atoms with Gasteiger partial charge in [-0.2, -0.15) is 14.8 Å². The van der Waals surface area contributed by atoms with Crippen molar-refractivity contribution in [3.63, 3.8) is 0 Å². The molecule has 0 saturated heterocycles. The van der Waals surface area contributed by atoms with E-state index in [-0.39, 0.29) is 50.7 Å². The fourth-order valence-corrected chi connectivity index (χ4v) is 7.96. The van der Waals surface area contributed by atoms with Gasteiger partial charge in [0.15, 0.2) is 0 Å². The standard InChI is InChI=1S/C12H24O2.C12H25.2C4H9.Na.H2O4S.Sn/c1-2-3-4-5-6-7-8-9-10-11-12(13)14;1-3-5-7-9-11-12-10-8-6-4-2;2*1-3-4-2;;1-5(2,3)4;/h2-11H2,1H3,(H,13,14);1,3-12H2,2H3;2*1,3-4H2,2H3;;(H2,1,2,3,4);/q;-1;;;+1;;. The van der Waals surface area contributed by atoms with Crippen LogP contribution in [0.2, 0.25) is 8.87 Å². The Kier molecular flexibility index (Phi) is 60.6. The van der Waals surface area contributed by atoms with Gasteiger partial charge in [-0.15, -0.1) is 0 Å². The number of carboxylic acid groups (broad SMARTS) is 1. The van der Waals surface area contributed by atoms with Crippen LogP contribution in [0.4, 0.5) is 0 Å². The molecule has 0 aromatic rings. The maximum Gasteiger partial charge on any atom is 1.00 e. The molecule has 0 saturated carbocycles. The molecule has 41 heavy (non-hydrogen) atoms. The minimum absolute atomic E-state index is 0. The molecule has 0 bridgehead atoms. The molecule has 2 radical (unpaired) electrons. The molecule has 9 heteroatoms. The summed E-state index contributed by atoms with van der Waals surface area (Å²) < 4.78 is 34.8. The van der Waals surface area contributed by atoms with Crippen molar-refractivity contribution in [3.05, 3.63) is 6.92 Å². The molecule has 244 valence electrons. The SMILES string of the molecule is CCCCCCCCCCCC(=O)O.CCC[CH2][Sn][CH2]CCC.O=S(=O)(O)O.[CH2-]CCCCCCCCCCC.[Na+]. The third-order valence-corrected chi connectivity index (χ3v) is 10.3. The number of unbranched alkanes of at least 4 members (excludes halogenated alkanes) is 19. The summed E-state index contributed by atoms with van der Waals surface area (Å²) in [6.07, 6.45) is 31.2. The Labute approximate surface area is 289 Å². The molecule has 0 aromatic carbocycles. The van der Waals surface area contributed by atoms with Crippen molar-refractivity contribution in [3.8, 4) is 0 Å². The van der Waals surface area contributed by atoms with Gasteiger partial charge in [0.05, 0.1) is 0 Å². The first-order chi connectivity index (χ1) is 19.1. The Balaban J connectivity index is -0.000000147. The van der Waals surface area contributed by atoms with Crippen molar-refractivity contribution < 1.29 is 57.0 Å². The first-order valence-electron chi connectivity index (χ1n) is 16.5. The summed E-state index contributed by atoms with van der Waals surface area (Å²) in [5.74, 6) is -0.659. The quantitative estimate of drug-likeness (QED) is 0.0379. The summed E-state index contributed by atoms with van der Waals surface area (Å²) in [5.41, 5.74) is 0. The van der Waals surface area contributed by atoms with E-state index in [0.717, 1.165) is 19.3 Å². The summed E-state index contributed by atoms with van der Waals surface area (Å²) in [6, 6.07) is 0. The number of rotatable bonds is 25. The maximum atomic E-state index is 10.2. The van der Waals surface area contributed by atoms with Gasteiger partial charge >= 0.3 is 115 Å². The zero-order valence-electron chi connectivity index (χ0n) is 28.1. The second kappa shape index (κ2) is 48.1. The van der Waals surface area contributed by atoms with Crippen molar-refractivity contribution in [1.29, 1.82) is 0 Å². The molecule has 0 fully saturated rings. The Hall–Kier alpha value is 1.14. The molecular formula is C32H69NaO6SSn. The van der Waals surface area contributed by atoms with Gasteiger partial charge in [-0.05, 0) is 6.42 Å². The monoisotopic (exact) mass is 724 g/mol. The van der Waals surface area contributed by atoms with Gasteiger partial charge in [-0.3, -0.25) is 13.9 Å². The molecule has 6 nitrogen and oxygen atoms in total. The zero-order valence-corrected chi connectivity index (χ0v) is 33.7. The predicted molar refractivity (Wildman–Crippen MR) is 176 cm³/mol. The summed E-state index contributed by atoms with van der Waals surface area (Å²) in [7, 11) is -4.67. The second-order valence-corrected chi connectivity index (χ2v) is 15.7. The summed E-state index contributed by atoms with van der Waals surface area (Å²) in [6.45, 7) is 12.9. The number of aliphatic carboxylic acids is 1. The number of hydrogen-bond acceptors (Lipinski definition) is 3. The van der Waals surface area contributed by atoms with E-state index in [9.17, 15) is 4.79 Å². The second-order valence-electron chi connectivity index (χ2n) is 10.6. The summed E-state index contributed by atoms with van der Waals surface area (Å²) >= 11 is 0.149. The summed E-state index contributed by atoms with van der Waals surface area (Å²) in [5, 5.41) is 8.41. The number of hydrogen-bond donors (Lipinski definition) is 3. The smallest absolute Gasteiger partial charge is 0.343 e. The zero-order chi connectivity index (χ0) is 31.2. The molecule has 0 atom stereocenters. The summed E-state index contributed by atoms with van der Waals surface area (Å²) in [4.78, 5) is 10.2. The topological polar surface area (TPSA) is 112 Å². The molecule has 3 N–H and O–H groups in total. The molecular weight excluding hydrogens is 654 g/mol. The van der Waals surface area contributed by atoms with Crippen molar-refractivity contribution >= 4 is 37.5 Å². The number of carboxylic acids is 1. The van der Waals surface area contributed by atoms with Crippen LogP contribution in [-0.4, -0.2) is 49.7 Å². The Morgan fingerprint density at radius 2 is 0.829 bits per heavy atom. The van der Waals surface area contributed by atoms with Crippen LogP contribution in [0.25, 0.3) is 0 Å². The Bertz CT molecular complexity index is 526. The van der Waals surface area contributed by atoms with Crippen molar-refractivity contribution in [2.75, 3.05) is 0 Å². The minimum atomic E-state index is -4.67. The van der Waals surface area contributed by atoms with E-state index in [0.29, 0.717) is 6.42 Å². The van der Waals surface area contributed by atoms with Crippen LogP contribution in [0, 0.1) is 6.92 Å². The minimum Gasteiger partial charge on any atom is -0.343 e. The first-order valence-corrected chi connectivity index (χ1v) is 21.9. The average Bonchev–Trinajstić information content (AvgIpc) is 2.89. The molecule has 0 aliphatic carbocycles. The van der Waals surface area contributed by atoms with Crippen LogP contribution in [0.15, 0.2) is 0 Å². The van der Waals surface area contributed by atoms with Gasteiger partial charge in [0, 0.05) is 6.42 Å². The molecule has 0 unspecified atom stereocenters. The van der Waals surface area contributed by atoms with E-state index in [1.807, 2.05) is 0 Å². The fraction of sp³-hybridized carbons (Fsp3) is 0.938. The van der Waals surface area contributed by atoms with Gasteiger partial charge in [0.25, 0.3) is 0 Å². The molecule has 0 rings (SSSR count). The van der Waals surface area contributed by atoms with E-state index in [1.54, 1.807) is 8.87 Å². The van der Waals surface area contributed by atoms with Crippen molar-refractivity contribution in [1.82, 2.24) is 0 Å². The van der Waals surface area contributed by atoms with Crippen molar-refractivity contribution in [2.24, 2.45) is 0 Å². The third kappa shape index (κ3) is 85.6.